The van der Waals surface area contributed by atoms with Crippen LogP contribution in [-0.2, 0) is 14.3 Å². The molecule has 0 saturated carbocycles. The Hall–Kier alpha value is -4.70. The van der Waals surface area contributed by atoms with Crippen LogP contribution in [-0.4, -0.2) is 27.9 Å². The fraction of sp³-hybridized carbons (Fsp3) is 0.172. The molecule has 2 rings (SSSR count). The number of ether oxygens (including phenoxy) is 3. The van der Waals surface area contributed by atoms with E-state index in [1.54, 1.807) is 69.3 Å². The van der Waals surface area contributed by atoms with Crippen LogP contribution in [0, 0.1) is 5.41 Å². The van der Waals surface area contributed by atoms with Gasteiger partial charge in [0, 0.05) is 0 Å². The minimum atomic E-state index is -1.44. The molecule has 0 aliphatic rings. The monoisotopic (exact) mass is 488 g/mol. The van der Waals surface area contributed by atoms with Gasteiger partial charge >= 0.3 is 12.1 Å². The van der Waals surface area contributed by atoms with Gasteiger partial charge < -0.3 is 24.4 Å². The number of carbonyl (C=O) groups excluding carboxylic acids is 2. The third-order valence-electron chi connectivity index (χ3n) is 4.44. The van der Waals surface area contributed by atoms with E-state index in [2.05, 4.69) is 18.0 Å². The van der Waals surface area contributed by atoms with Gasteiger partial charge in [-0.25, -0.2) is 9.59 Å². The third kappa shape index (κ3) is 8.92. The molecule has 0 bridgehead atoms. The van der Waals surface area contributed by atoms with Crippen LogP contribution in [0.15, 0.2) is 97.3 Å². The van der Waals surface area contributed by atoms with Crippen molar-refractivity contribution < 1.29 is 34.0 Å². The van der Waals surface area contributed by atoms with Gasteiger partial charge in [-0.2, -0.15) is 0 Å². The van der Waals surface area contributed by atoms with E-state index in [1.807, 2.05) is 0 Å². The molecule has 0 radical (unpaired) electrons. The molecule has 0 heterocycles. The summed E-state index contributed by atoms with van der Waals surface area (Å²) in [5.41, 5.74) is 5.22. The van der Waals surface area contributed by atoms with E-state index in [-0.39, 0.29) is 5.75 Å². The van der Waals surface area contributed by atoms with Gasteiger partial charge in [0.2, 0.25) is 0 Å². The maximum atomic E-state index is 12.7. The molecule has 0 aliphatic heterocycles. The smallest absolute Gasteiger partial charge is 0.512 e. The lowest BCUT2D eigenvalue weighted by molar-refractivity contribution is -0.142. The summed E-state index contributed by atoms with van der Waals surface area (Å²) in [6, 6.07) is 13.0. The summed E-state index contributed by atoms with van der Waals surface area (Å²) in [7, 11) is 0. The van der Waals surface area contributed by atoms with E-state index in [0.717, 1.165) is 11.8 Å². The van der Waals surface area contributed by atoms with Gasteiger partial charge in [-0.15, -0.1) is 18.0 Å². The summed E-state index contributed by atoms with van der Waals surface area (Å²) in [6.45, 7) is 8.96. The fourth-order valence-electron chi connectivity index (χ4n) is 2.68. The first kappa shape index (κ1) is 27.5. The van der Waals surface area contributed by atoms with Crippen LogP contribution in [0.4, 0.5) is 4.79 Å². The second-order valence-electron chi connectivity index (χ2n) is 8.47. The number of benzene rings is 2. The largest absolute Gasteiger partial charge is 0.514 e. The fourth-order valence-corrected chi connectivity index (χ4v) is 2.68. The highest BCUT2D eigenvalue weighted by molar-refractivity contribution is 5.84. The summed E-state index contributed by atoms with van der Waals surface area (Å²) in [6.07, 6.45) is 8.12. The van der Waals surface area contributed by atoms with Crippen molar-refractivity contribution in [2.24, 2.45) is 5.41 Å². The average Bonchev–Trinajstić information content (AvgIpc) is 2.82. The topological polar surface area (TPSA) is 102 Å². The summed E-state index contributed by atoms with van der Waals surface area (Å²) < 4.78 is 15.2. The number of aliphatic hydroxyl groups excluding tert-OH is 1. The average molecular weight is 489 g/mol. The van der Waals surface area contributed by atoms with Crippen LogP contribution < -0.4 is 4.74 Å². The number of aromatic hydroxyl groups is 1. The standard InChI is InChI=1S/C29H28O7/c1-5-29(26(32)34-21-20-30,18-6-8-22-10-14-24(31)15-11-22)19-7-9-23-12-16-25(17-13-23)35-27(33)36-28(2,3)4/h5,8-21,30-31H,1H2,2-4H3. The number of aliphatic hydroxyl groups is 1. The second kappa shape index (κ2) is 12.7. The van der Waals surface area contributed by atoms with Crippen molar-refractivity contribution in [2.45, 2.75) is 26.4 Å². The zero-order chi connectivity index (χ0) is 26.6. The van der Waals surface area contributed by atoms with Crippen molar-refractivity contribution in [1.29, 1.82) is 0 Å². The normalized spacial score (nSPS) is 12.2. The zero-order valence-corrected chi connectivity index (χ0v) is 20.3. The Labute approximate surface area is 210 Å². The molecule has 0 fully saturated rings. The summed E-state index contributed by atoms with van der Waals surface area (Å²) in [4.78, 5) is 24.5. The van der Waals surface area contributed by atoms with E-state index < -0.39 is 23.1 Å². The molecule has 0 saturated heterocycles. The molecule has 2 aromatic carbocycles. The third-order valence-corrected chi connectivity index (χ3v) is 4.44. The Kier molecular flexibility index (Phi) is 9.70. The highest BCUT2D eigenvalue weighted by Crippen LogP contribution is 2.25. The van der Waals surface area contributed by atoms with Crippen molar-refractivity contribution >= 4 is 24.3 Å². The molecule has 0 spiro atoms. The maximum Gasteiger partial charge on any atom is 0.514 e. The maximum absolute atomic E-state index is 12.7. The summed E-state index contributed by atoms with van der Waals surface area (Å²) in [5, 5.41) is 18.3. The van der Waals surface area contributed by atoms with E-state index >= 15 is 0 Å². The lowest BCUT2D eigenvalue weighted by atomic mass is 9.88. The first-order valence-electron chi connectivity index (χ1n) is 10.9. The summed E-state index contributed by atoms with van der Waals surface area (Å²) >= 11 is 0. The first-order chi connectivity index (χ1) is 17.1. The molecule has 7 heteroatoms. The number of hydrogen-bond donors (Lipinski definition) is 2. The van der Waals surface area contributed by atoms with Crippen LogP contribution in [0.2, 0.25) is 0 Å². The Morgan fingerprint density at radius 1 is 0.917 bits per heavy atom. The predicted molar refractivity (Wildman–Crippen MR) is 137 cm³/mol. The van der Waals surface area contributed by atoms with Crippen LogP contribution in [0.3, 0.4) is 0 Å². The first-order valence-corrected chi connectivity index (χ1v) is 10.9. The van der Waals surface area contributed by atoms with E-state index in [0.29, 0.717) is 17.6 Å². The van der Waals surface area contributed by atoms with Crippen molar-refractivity contribution in [3.63, 3.8) is 0 Å². The molecule has 2 N–H and O–H groups in total. The molecule has 1 unspecified atom stereocenters. The Morgan fingerprint density at radius 2 is 1.44 bits per heavy atom. The van der Waals surface area contributed by atoms with Gasteiger partial charge in [0.1, 0.15) is 35.0 Å². The number of esters is 1. The van der Waals surface area contributed by atoms with Crippen molar-refractivity contribution in [3.8, 4) is 11.5 Å². The van der Waals surface area contributed by atoms with Gasteiger partial charge in [0.05, 0.1) is 0 Å². The van der Waals surface area contributed by atoms with Crippen molar-refractivity contribution in [3.05, 3.63) is 108 Å². The zero-order valence-electron chi connectivity index (χ0n) is 20.3. The molecular weight excluding hydrogens is 460 g/mol. The molecule has 0 amide bonds. The molecule has 7 nitrogen and oxygen atoms in total. The Morgan fingerprint density at radius 3 is 1.92 bits per heavy atom. The van der Waals surface area contributed by atoms with Crippen LogP contribution >= 0.6 is 0 Å². The molecule has 2 aromatic rings. The molecule has 0 aliphatic carbocycles. The number of carbonyl (C=O) groups is 2. The quantitative estimate of drug-likeness (QED) is 0.144. The highest BCUT2D eigenvalue weighted by atomic mass is 16.7. The van der Waals surface area contributed by atoms with Crippen LogP contribution in [0.5, 0.6) is 11.5 Å². The van der Waals surface area contributed by atoms with E-state index in [1.165, 1.54) is 30.4 Å². The number of hydrogen-bond acceptors (Lipinski definition) is 7. The van der Waals surface area contributed by atoms with Gasteiger partial charge in [-0.05, 0) is 80.5 Å². The SMILES string of the molecule is C=CC(C=C=Cc1ccc(O)cc1)(C=C=Cc1ccc(OC(=O)OC(C)(C)C)cc1)C(=O)OC=CO. The molecule has 186 valence electrons. The van der Waals surface area contributed by atoms with Gasteiger partial charge in [-0.1, -0.05) is 30.3 Å². The van der Waals surface area contributed by atoms with E-state index in [9.17, 15) is 14.7 Å². The lowest BCUT2D eigenvalue weighted by Gasteiger charge is -2.18. The van der Waals surface area contributed by atoms with Crippen molar-refractivity contribution in [2.75, 3.05) is 0 Å². The van der Waals surface area contributed by atoms with Crippen LogP contribution in [0.1, 0.15) is 31.9 Å². The molecule has 36 heavy (non-hydrogen) atoms. The number of rotatable bonds is 8. The van der Waals surface area contributed by atoms with Gasteiger partial charge in [0.25, 0.3) is 0 Å². The Bertz CT molecular complexity index is 1220. The van der Waals surface area contributed by atoms with Gasteiger partial charge in [-0.3, -0.25) is 0 Å². The molecular formula is C29H28O7. The lowest BCUT2D eigenvalue weighted by Crippen LogP contribution is -2.25. The Balaban J connectivity index is 2.28. The number of phenolic OH excluding ortho intramolecular Hbond substituents is 1. The second-order valence-corrected chi connectivity index (χ2v) is 8.47. The minimum absolute atomic E-state index is 0.133. The molecule has 0 aromatic heterocycles. The van der Waals surface area contributed by atoms with Crippen molar-refractivity contribution in [1.82, 2.24) is 0 Å². The minimum Gasteiger partial charge on any atom is -0.512 e. The van der Waals surface area contributed by atoms with Crippen LogP contribution in [0.25, 0.3) is 12.2 Å². The highest BCUT2D eigenvalue weighted by Gasteiger charge is 2.31. The predicted octanol–water partition coefficient (Wildman–Crippen LogP) is 6.49. The number of phenols is 1. The molecule has 1 atom stereocenters. The van der Waals surface area contributed by atoms with Gasteiger partial charge in [0.15, 0.2) is 0 Å². The van der Waals surface area contributed by atoms with E-state index in [4.69, 9.17) is 19.3 Å². The summed E-state index contributed by atoms with van der Waals surface area (Å²) in [5.74, 6) is -0.294.